The van der Waals surface area contributed by atoms with Crippen LogP contribution in [-0.2, 0) is 4.74 Å². The minimum absolute atomic E-state index is 0.717. The molecule has 1 aromatic carbocycles. The number of likely N-dealkylation sites (N-methyl/N-ethyl adjacent to an activating group) is 1. The fraction of sp³-hybridized carbons (Fsp3) is 0.500. The highest BCUT2D eigenvalue weighted by Gasteiger charge is 2.22. The van der Waals surface area contributed by atoms with Gasteiger partial charge < -0.3 is 14.5 Å². The van der Waals surface area contributed by atoms with Crippen LogP contribution in [0.5, 0.6) is 0 Å². The van der Waals surface area contributed by atoms with Crippen molar-refractivity contribution in [3.05, 3.63) is 36.4 Å². The summed E-state index contributed by atoms with van der Waals surface area (Å²) < 4.78 is 5.49. The molecule has 0 saturated carbocycles. The Morgan fingerprint density at radius 2 is 1.95 bits per heavy atom. The number of rotatable bonds is 6. The fourth-order valence-corrected chi connectivity index (χ4v) is 5.20. The van der Waals surface area contributed by atoms with Crippen LogP contribution in [0.4, 0.5) is 0 Å². The minimum Gasteiger partial charge on any atom is -0.388 e. The second-order valence-electron chi connectivity index (χ2n) is 5.41. The monoisotopic (exact) mass is 289 g/mol. The van der Waals surface area contributed by atoms with E-state index < -0.39 is 8.80 Å². The molecular formula is C16H25N2OSi. The lowest BCUT2D eigenvalue weighted by Crippen LogP contribution is -2.52. The van der Waals surface area contributed by atoms with Crippen LogP contribution >= 0.6 is 0 Å². The summed E-state index contributed by atoms with van der Waals surface area (Å²) in [6.07, 6.45) is 4.00. The number of piperazine rings is 1. The summed E-state index contributed by atoms with van der Waals surface area (Å²) in [5.41, 5.74) is 1.27. The maximum atomic E-state index is 5.49. The van der Waals surface area contributed by atoms with Crippen LogP contribution in [-0.4, -0.2) is 71.3 Å². The summed E-state index contributed by atoms with van der Waals surface area (Å²) in [6.45, 7) is 8.63. The van der Waals surface area contributed by atoms with Crippen LogP contribution in [0, 0.1) is 0 Å². The molecule has 1 aliphatic heterocycles. The Labute approximate surface area is 124 Å². The molecule has 4 heteroatoms. The quantitative estimate of drug-likeness (QED) is 0.727. The zero-order chi connectivity index (χ0) is 14.4. The number of hydrogen-bond donors (Lipinski definition) is 0. The van der Waals surface area contributed by atoms with Crippen LogP contribution in [0.1, 0.15) is 5.56 Å². The molecule has 0 atom stereocenters. The number of nitrogens with zero attached hydrogens (tertiary/aromatic N) is 2. The van der Waals surface area contributed by atoms with Gasteiger partial charge in [-0.1, -0.05) is 42.1 Å². The Morgan fingerprint density at radius 1 is 1.25 bits per heavy atom. The van der Waals surface area contributed by atoms with Crippen molar-refractivity contribution in [3.8, 4) is 0 Å². The lowest BCUT2D eigenvalue weighted by molar-refractivity contribution is 0.169. The highest BCUT2D eigenvalue weighted by atomic mass is 28.3. The normalized spacial score (nSPS) is 17.6. The molecule has 0 unspecified atom stereocenters. The number of methoxy groups -OCH3 is 1. The Morgan fingerprint density at radius 3 is 2.60 bits per heavy atom. The van der Waals surface area contributed by atoms with Crippen molar-refractivity contribution in [2.75, 3.05) is 52.7 Å². The van der Waals surface area contributed by atoms with Gasteiger partial charge in [0.15, 0.2) is 0 Å². The van der Waals surface area contributed by atoms with Gasteiger partial charge in [-0.05, 0) is 18.8 Å². The van der Waals surface area contributed by atoms with Gasteiger partial charge in [-0.2, -0.15) is 0 Å². The van der Waals surface area contributed by atoms with E-state index in [1.54, 1.807) is 0 Å². The van der Waals surface area contributed by atoms with Gasteiger partial charge in [0.2, 0.25) is 0 Å². The first-order chi connectivity index (χ1) is 9.74. The molecule has 1 radical (unpaired) electrons. The van der Waals surface area contributed by atoms with E-state index in [1.165, 1.54) is 36.9 Å². The van der Waals surface area contributed by atoms with Gasteiger partial charge in [0.25, 0.3) is 0 Å². The van der Waals surface area contributed by atoms with Crippen LogP contribution < -0.4 is 5.19 Å². The first-order valence-electron chi connectivity index (χ1n) is 7.21. The molecule has 0 N–H and O–H groups in total. The van der Waals surface area contributed by atoms with E-state index >= 15 is 0 Å². The molecule has 1 heterocycles. The molecule has 109 valence electrons. The van der Waals surface area contributed by atoms with E-state index in [0.29, 0.717) is 0 Å². The third-order valence-corrected chi connectivity index (χ3v) is 6.57. The van der Waals surface area contributed by atoms with Crippen molar-refractivity contribution in [1.82, 2.24) is 9.80 Å². The average molecular weight is 289 g/mol. The van der Waals surface area contributed by atoms with Crippen molar-refractivity contribution >= 4 is 20.1 Å². The highest BCUT2D eigenvalue weighted by Crippen LogP contribution is 2.05. The SMILES string of the molecule is C=Cc1ccccc1[Si](COC)CN1CCN(C)CC1. The van der Waals surface area contributed by atoms with Crippen molar-refractivity contribution in [2.45, 2.75) is 0 Å². The van der Waals surface area contributed by atoms with Gasteiger partial charge in [-0.15, -0.1) is 0 Å². The largest absolute Gasteiger partial charge is 0.388 e. The van der Waals surface area contributed by atoms with Gasteiger partial charge in [0.05, 0.1) is 0 Å². The molecule has 1 fully saturated rings. The summed E-state index contributed by atoms with van der Waals surface area (Å²) >= 11 is 0. The third kappa shape index (κ3) is 4.02. The summed E-state index contributed by atoms with van der Waals surface area (Å²) in [6, 6.07) is 8.63. The van der Waals surface area contributed by atoms with Crippen molar-refractivity contribution in [2.24, 2.45) is 0 Å². The molecule has 1 aromatic rings. The second-order valence-corrected chi connectivity index (χ2v) is 7.76. The van der Waals surface area contributed by atoms with Crippen molar-refractivity contribution in [1.29, 1.82) is 0 Å². The van der Waals surface area contributed by atoms with E-state index in [4.69, 9.17) is 4.74 Å². The van der Waals surface area contributed by atoms with Gasteiger partial charge >= 0.3 is 0 Å². The van der Waals surface area contributed by atoms with Crippen molar-refractivity contribution in [3.63, 3.8) is 0 Å². The van der Waals surface area contributed by atoms with E-state index in [1.807, 2.05) is 13.2 Å². The molecular weight excluding hydrogens is 264 g/mol. The van der Waals surface area contributed by atoms with Crippen LogP contribution in [0.15, 0.2) is 30.8 Å². The van der Waals surface area contributed by atoms with Crippen LogP contribution in [0.3, 0.4) is 0 Å². The summed E-state index contributed by atoms with van der Waals surface area (Å²) in [4.78, 5) is 4.99. The molecule has 0 amide bonds. The van der Waals surface area contributed by atoms with Gasteiger partial charge in [0.1, 0.15) is 8.80 Å². The zero-order valence-corrected chi connectivity index (χ0v) is 13.6. The molecule has 0 bridgehead atoms. The maximum absolute atomic E-state index is 5.49. The smallest absolute Gasteiger partial charge is 0.132 e. The summed E-state index contributed by atoms with van der Waals surface area (Å²) in [5.74, 6) is 0. The molecule has 1 aliphatic rings. The first kappa shape index (κ1) is 15.4. The third-order valence-electron chi connectivity index (χ3n) is 3.89. The molecule has 1 saturated heterocycles. The van der Waals surface area contributed by atoms with E-state index in [9.17, 15) is 0 Å². The lowest BCUT2D eigenvalue weighted by Gasteiger charge is -2.34. The Bertz CT molecular complexity index is 430. The van der Waals surface area contributed by atoms with E-state index in [2.05, 4.69) is 47.7 Å². The topological polar surface area (TPSA) is 15.7 Å². The Balaban J connectivity index is 2.08. The standard InChI is InChI=1S/C16H25N2OSi/c1-4-15-7-5-6-8-16(15)20(14-19-3)13-18-11-9-17(2)10-12-18/h4-8H,1,9-14H2,2-3H3. The lowest BCUT2D eigenvalue weighted by atomic mass is 10.2. The van der Waals surface area contributed by atoms with Crippen LogP contribution in [0.25, 0.3) is 6.08 Å². The van der Waals surface area contributed by atoms with E-state index in [0.717, 1.165) is 12.4 Å². The Hall–Kier alpha value is -0.943. The van der Waals surface area contributed by atoms with E-state index in [-0.39, 0.29) is 0 Å². The first-order valence-corrected chi connectivity index (χ1v) is 9.12. The van der Waals surface area contributed by atoms with Crippen LogP contribution in [0.2, 0.25) is 0 Å². The summed E-state index contributed by atoms with van der Waals surface area (Å²) in [7, 11) is 3.29. The predicted molar refractivity (Wildman–Crippen MR) is 87.7 cm³/mol. The zero-order valence-electron chi connectivity index (χ0n) is 12.6. The molecule has 0 aliphatic carbocycles. The Kier molecular flexibility index (Phi) is 5.98. The fourth-order valence-electron chi connectivity index (χ4n) is 2.66. The van der Waals surface area contributed by atoms with Gasteiger partial charge in [-0.25, -0.2) is 0 Å². The minimum atomic E-state index is -0.717. The number of hydrogen-bond acceptors (Lipinski definition) is 3. The van der Waals surface area contributed by atoms with Crippen molar-refractivity contribution < 1.29 is 4.74 Å². The predicted octanol–water partition coefficient (Wildman–Crippen LogP) is 1.00. The number of benzene rings is 1. The molecule has 20 heavy (non-hydrogen) atoms. The number of ether oxygens (including phenoxy) is 1. The average Bonchev–Trinajstić information content (AvgIpc) is 2.49. The molecule has 3 nitrogen and oxygen atoms in total. The molecule has 2 rings (SSSR count). The van der Waals surface area contributed by atoms with Gasteiger partial charge in [-0.3, -0.25) is 0 Å². The second kappa shape index (κ2) is 7.74. The molecule has 0 spiro atoms. The summed E-state index contributed by atoms with van der Waals surface area (Å²) in [5, 5.41) is 1.45. The maximum Gasteiger partial charge on any atom is 0.132 e. The highest BCUT2D eigenvalue weighted by molar-refractivity contribution is 6.74. The molecule has 0 aromatic heterocycles. The van der Waals surface area contributed by atoms with Gasteiger partial charge in [0, 0.05) is 39.5 Å².